The van der Waals surface area contributed by atoms with Crippen molar-refractivity contribution in [2.75, 3.05) is 6.54 Å². The molecule has 4 rings (SSSR count). The number of esters is 1. The zero-order chi connectivity index (χ0) is 20.9. The Labute approximate surface area is 174 Å². The number of carbonyl (C=O) groups excluding carboxylic acids is 3. The van der Waals surface area contributed by atoms with Crippen molar-refractivity contribution < 1.29 is 19.1 Å². The van der Waals surface area contributed by atoms with Crippen LogP contribution in [-0.4, -0.2) is 29.2 Å². The summed E-state index contributed by atoms with van der Waals surface area (Å²) < 4.78 is 5.30. The molecule has 5 heteroatoms. The first-order valence-electron chi connectivity index (χ1n) is 9.61. The Morgan fingerprint density at radius 1 is 0.800 bits per heavy atom. The quantitative estimate of drug-likeness (QED) is 0.271. The van der Waals surface area contributed by atoms with Gasteiger partial charge in [0, 0.05) is 12.6 Å². The molecule has 0 spiro atoms. The zero-order valence-corrected chi connectivity index (χ0v) is 16.2. The number of hydrogen-bond donors (Lipinski definition) is 0. The summed E-state index contributed by atoms with van der Waals surface area (Å²) in [5.74, 6) is -0.544. The molecule has 0 atom stereocenters. The maximum Gasteiger partial charge on any atom is 0.336 e. The van der Waals surface area contributed by atoms with E-state index in [9.17, 15) is 14.4 Å². The van der Waals surface area contributed by atoms with Crippen molar-refractivity contribution in [3.63, 3.8) is 0 Å². The Morgan fingerprint density at radius 2 is 1.40 bits per heavy atom. The van der Waals surface area contributed by atoms with Gasteiger partial charge in [-0.05, 0) is 47.9 Å². The molecule has 30 heavy (non-hydrogen) atoms. The molecule has 0 N–H and O–H groups in total. The normalized spacial score (nSPS) is 13.0. The fraction of sp³-hybridized carbons (Fsp3) is 0.0800. The highest BCUT2D eigenvalue weighted by Crippen LogP contribution is 2.23. The minimum absolute atomic E-state index is 0.258. The van der Waals surface area contributed by atoms with E-state index in [1.807, 2.05) is 42.5 Å². The van der Waals surface area contributed by atoms with Crippen LogP contribution in [-0.2, 0) is 11.2 Å². The van der Waals surface area contributed by atoms with Crippen molar-refractivity contribution >= 4 is 23.9 Å². The first-order chi connectivity index (χ1) is 14.6. The number of benzene rings is 3. The van der Waals surface area contributed by atoms with Crippen LogP contribution >= 0.6 is 0 Å². The Kier molecular flexibility index (Phi) is 5.52. The molecular formula is C25H19NO4. The molecule has 1 aliphatic heterocycles. The van der Waals surface area contributed by atoms with Crippen LogP contribution < -0.4 is 4.74 Å². The smallest absolute Gasteiger partial charge is 0.336 e. The van der Waals surface area contributed by atoms with E-state index >= 15 is 0 Å². The summed E-state index contributed by atoms with van der Waals surface area (Å²) in [6.07, 6.45) is 3.60. The highest BCUT2D eigenvalue weighted by Gasteiger charge is 2.34. The summed E-state index contributed by atoms with van der Waals surface area (Å²) in [5.41, 5.74) is 2.76. The zero-order valence-electron chi connectivity index (χ0n) is 16.2. The maximum atomic E-state index is 12.4. The second kappa shape index (κ2) is 8.57. The van der Waals surface area contributed by atoms with Crippen molar-refractivity contribution in [1.29, 1.82) is 0 Å². The van der Waals surface area contributed by atoms with Gasteiger partial charge in [-0.2, -0.15) is 0 Å². The molecule has 0 saturated heterocycles. The van der Waals surface area contributed by atoms with E-state index in [4.69, 9.17) is 4.74 Å². The van der Waals surface area contributed by atoms with Crippen molar-refractivity contribution in [2.24, 2.45) is 0 Å². The van der Waals surface area contributed by atoms with E-state index in [0.717, 1.165) is 11.1 Å². The molecule has 0 saturated carbocycles. The van der Waals surface area contributed by atoms with Gasteiger partial charge in [0.05, 0.1) is 11.1 Å². The number of ether oxygens (including phenoxy) is 1. The topological polar surface area (TPSA) is 63.7 Å². The number of carbonyl (C=O) groups is 3. The predicted octanol–water partition coefficient (Wildman–Crippen LogP) is 4.14. The number of rotatable bonds is 6. The molecule has 0 bridgehead atoms. The van der Waals surface area contributed by atoms with E-state index in [1.54, 1.807) is 42.5 Å². The first kappa shape index (κ1) is 19.3. The second-order valence-corrected chi connectivity index (χ2v) is 6.87. The van der Waals surface area contributed by atoms with Gasteiger partial charge in [-0.1, -0.05) is 54.6 Å². The van der Waals surface area contributed by atoms with Crippen molar-refractivity contribution in [3.8, 4) is 5.75 Å². The van der Waals surface area contributed by atoms with Crippen LogP contribution in [0, 0.1) is 0 Å². The molecule has 0 unspecified atom stereocenters. The number of fused-ring (bicyclic) bond motifs is 1. The van der Waals surface area contributed by atoms with Gasteiger partial charge in [-0.3, -0.25) is 14.5 Å². The van der Waals surface area contributed by atoms with E-state index in [0.29, 0.717) is 29.8 Å². The maximum absolute atomic E-state index is 12.4. The van der Waals surface area contributed by atoms with Crippen molar-refractivity contribution in [1.82, 2.24) is 4.90 Å². The number of imide groups is 1. The van der Waals surface area contributed by atoms with Gasteiger partial charge in [-0.15, -0.1) is 0 Å². The summed E-state index contributed by atoms with van der Waals surface area (Å²) >= 11 is 0. The lowest BCUT2D eigenvalue weighted by Crippen LogP contribution is -2.31. The summed E-state index contributed by atoms with van der Waals surface area (Å²) in [6.45, 7) is 0.297. The van der Waals surface area contributed by atoms with Gasteiger partial charge >= 0.3 is 5.97 Å². The molecule has 0 aromatic heterocycles. The Balaban J connectivity index is 1.32. The summed E-state index contributed by atoms with van der Waals surface area (Å²) in [5, 5.41) is 0. The molecule has 148 valence electrons. The molecule has 3 aromatic rings. The van der Waals surface area contributed by atoms with Gasteiger partial charge in [-0.25, -0.2) is 4.79 Å². The molecule has 2 amide bonds. The van der Waals surface area contributed by atoms with Gasteiger partial charge in [0.15, 0.2) is 0 Å². The molecule has 0 aliphatic carbocycles. The minimum atomic E-state index is -0.461. The van der Waals surface area contributed by atoms with E-state index in [2.05, 4.69) is 0 Å². The van der Waals surface area contributed by atoms with Crippen LogP contribution in [0.4, 0.5) is 0 Å². The highest BCUT2D eigenvalue weighted by molar-refractivity contribution is 6.21. The number of amides is 2. The average Bonchev–Trinajstić information content (AvgIpc) is 3.03. The van der Waals surface area contributed by atoms with Gasteiger partial charge in [0.25, 0.3) is 11.8 Å². The Hall–Kier alpha value is -3.99. The third-order valence-electron chi connectivity index (χ3n) is 4.86. The molecular weight excluding hydrogens is 378 g/mol. The fourth-order valence-corrected chi connectivity index (χ4v) is 3.29. The van der Waals surface area contributed by atoms with Crippen molar-refractivity contribution in [3.05, 3.63) is 107 Å². The van der Waals surface area contributed by atoms with Crippen LogP contribution in [0.1, 0.15) is 31.8 Å². The lowest BCUT2D eigenvalue weighted by Gasteiger charge is -2.13. The third kappa shape index (κ3) is 4.20. The van der Waals surface area contributed by atoms with Crippen LogP contribution in [0.2, 0.25) is 0 Å². The van der Waals surface area contributed by atoms with Crippen LogP contribution in [0.25, 0.3) is 6.08 Å². The standard InChI is InChI=1S/C25H19NO4/c27-23(15-12-18-6-2-1-3-7-18)30-20-13-10-19(11-14-20)16-17-26-24(28)21-8-4-5-9-22(21)25(26)29/h1-15H,16-17H2. The lowest BCUT2D eigenvalue weighted by atomic mass is 10.1. The summed E-state index contributed by atoms with van der Waals surface area (Å²) in [4.78, 5) is 38.0. The SMILES string of the molecule is O=C(C=Cc1ccccc1)Oc1ccc(CCN2C(=O)c3ccccc3C2=O)cc1. The molecule has 3 aromatic carbocycles. The van der Waals surface area contributed by atoms with Gasteiger partial charge in [0.2, 0.25) is 0 Å². The van der Waals surface area contributed by atoms with Crippen LogP contribution in [0.3, 0.4) is 0 Å². The van der Waals surface area contributed by atoms with Crippen molar-refractivity contribution in [2.45, 2.75) is 6.42 Å². The lowest BCUT2D eigenvalue weighted by molar-refractivity contribution is -0.128. The monoisotopic (exact) mass is 397 g/mol. The largest absolute Gasteiger partial charge is 0.423 e. The van der Waals surface area contributed by atoms with Gasteiger partial charge in [0.1, 0.15) is 5.75 Å². The average molecular weight is 397 g/mol. The number of nitrogens with zero attached hydrogens (tertiary/aromatic N) is 1. The summed E-state index contributed by atoms with van der Waals surface area (Å²) in [6, 6.07) is 23.4. The van der Waals surface area contributed by atoms with Crippen LogP contribution in [0.5, 0.6) is 5.75 Å². The van der Waals surface area contributed by atoms with Crippen LogP contribution in [0.15, 0.2) is 84.9 Å². The van der Waals surface area contributed by atoms with E-state index in [1.165, 1.54) is 11.0 Å². The second-order valence-electron chi connectivity index (χ2n) is 6.87. The molecule has 0 radical (unpaired) electrons. The third-order valence-corrected chi connectivity index (χ3v) is 4.86. The summed E-state index contributed by atoms with van der Waals surface area (Å²) in [7, 11) is 0. The van der Waals surface area contributed by atoms with E-state index < -0.39 is 5.97 Å². The fourth-order valence-electron chi connectivity index (χ4n) is 3.29. The minimum Gasteiger partial charge on any atom is -0.423 e. The molecule has 5 nitrogen and oxygen atoms in total. The molecule has 1 heterocycles. The molecule has 0 fully saturated rings. The first-order valence-corrected chi connectivity index (χ1v) is 9.61. The predicted molar refractivity (Wildman–Crippen MR) is 113 cm³/mol. The van der Waals surface area contributed by atoms with E-state index in [-0.39, 0.29) is 11.8 Å². The Morgan fingerprint density at radius 3 is 2.03 bits per heavy atom. The molecule has 1 aliphatic rings. The number of hydrogen-bond acceptors (Lipinski definition) is 4. The van der Waals surface area contributed by atoms with Gasteiger partial charge < -0.3 is 4.74 Å². The Bertz CT molecular complexity index is 1080. The highest BCUT2D eigenvalue weighted by atomic mass is 16.5.